The predicted octanol–water partition coefficient (Wildman–Crippen LogP) is 2.45. The number of aromatic nitrogens is 1. The molecule has 0 saturated heterocycles. The van der Waals surface area contributed by atoms with E-state index in [1.54, 1.807) is 0 Å². The molecule has 2 N–H and O–H groups in total. The first kappa shape index (κ1) is 12.0. The van der Waals surface area contributed by atoms with Gasteiger partial charge in [0.25, 0.3) is 0 Å². The summed E-state index contributed by atoms with van der Waals surface area (Å²) in [5.74, 6) is 0. The van der Waals surface area contributed by atoms with Crippen molar-refractivity contribution in [1.29, 1.82) is 0 Å². The molecule has 1 atom stereocenters. The molecule has 3 nitrogen and oxygen atoms in total. The Hall–Kier alpha value is -1.45. The molecule has 0 radical (unpaired) electrons. The zero-order chi connectivity index (χ0) is 12.3. The van der Waals surface area contributed by atoms with Crippen molar-refractivity contribution in [2.45, 2.75) is 19.4 Å². The Morgan fingerprint density at radius 2 is 2.06 bits per heavy atom. The summed E-state index contributed by atoms with van der Waals surface area (Å²) in [5.41, 5.74) is 6.85. The van der Waals surface area contributed by atoms with Gasteiger partial charge < -0.3 is 10.5 Å². The van der Waals surface area contributed by atoms with Gasteiger partial charge in [-0.25, -0.2) is 0 Å². The van der Waals surface area contributed by atoms with E-state index in [-0.39, 0.29) is 0 Å². The van der Waals surface area contributed by atoms with Crippen LogP contribution in [-0.4, -0.2) is 18.2 Å². The highest BCUT2D eigenvalue weighted by atomic mass is 16.5. The Morgan fingerprint density at radius 1 is 1.29 bits per heavy atom. The van der Waals surface area contributed by atoms with Gasteiger partial charge in [-0.3, -0.25) is 4.98 Å². The first-order valence-corrected chi connectivity index (χ1v) is 5.85. The minimum absolute atomic E-state index is 0.499. The monoisotopic (exact) mass is 230 g/mol. The summed E-state index contributed by atoms with van der Waals surface area (Å²) in [5, 5.41) is 2.25. The molecule has 1 heterocycles. The molecule has 0 fully saturated rings. The van der Waals surface area contributed by atoms with E-state index in [2.05, 4.69) is 11.1 Å². The van der Waals surface area contributed by atoms with Crippen LogP contribution in [0.15, 0.2) is 36.7 Å². The summed E-state index contributed by atoms with van der Waals surface area (Å²) in [6, 6.07) is 8.14. The van der Waals surface area contributed by atoms with Crippen molar-refractivity contribution in [3.05, 3.63) is 42.2 Å². The SMILES string of the molecule is CCOCC(C)(N)c1cncc2ccccc12. The van der Waals surface area contributed by atoms with E-state index >= 15 is 0 Å². The third kappa shape index (κ3) is 2.46. The molecule has 2 rings (SSSR count). The van der Waals surface area contributed by atoms with Gasteiger partial charge in [-0.15, -0.1) is 0 Å². The van der Waals surface area contributed by atoms with Crippen LogP contribution < -0.4 is 5.73 Å². The number of benzene rings is 1. The normalized spacial score (nSPS) is 14.8. The summed E-state index contributed by atoms with van der Waals surface area (Å²) in [4.78, 5) is 4.25. The van der Waals surface area contributed by atoms with Crippen molar-refractivity contribution < 1.29 is 4.74 Å². The van der Waals surface area contributed by atoms with E-state index in [0.717, 1.165) is 16.3 Å². The number of rotatable bonds is 4. The lowest BCUT2D eigenvalue weighted by Gasteiger charge is -2.25. The molecule has 0 aliphatic rings. The lowest BCUT2D eigenvalue weighted by Crippen LogP contribution is -2.38. The highest BCUT2D eigenvalue weighted by Crippen LogP contribution is 2.26. The summed E-state index contributed by atoms with van der Waals surface area (Å²) in [6.45, 7) is 5.12. The van der Waals surface area contributed by atoms with Crippen molar-refractivity contribution in [1.82, 2.24) is 4.98 Å². The van der Waals surface area contributed by atoms with Gasteiger partial charge >= 0.3 is 0 Å². The van der Waals surface area contributed by atoms with Crippen molar-refractivity contribution in [3.63, 3.8) is 0 Å². The van der Waals surface area contributed by atoms with E-state index < -0.39 is 5.54 Å². The van der Waals surface area contributed by atoms with Gasteiger partial charge in [0.05, 0.1) is 12.1 Å². The molecule has 0 saturated carbocycles. The third-order valence-corrected chi connectivity index (χ3v) is 2.89. The molecule has 0 spiro atoms. The highest BCUT2D eigenvalue weighted by Gasteiger charge is 2.23. The molecule has 3 heteroatoms. The third-order valence-electron chi connectivity index (χ3n) is 2.89. The smallest absolute Gasteiger partial charge is 0.0686 e. The van der Waals surface area contributed by atoms with Gasteiger partial charge in [0.15, 0.2) is 0 Å². The molecule has 0 bridgehead atoms. The molecular weight excluding hydrogens is 212 g/mol. The Kier molecular flexibility index (Phi) is 3.41. The van der Waals surface area contributed by atoms with Gasteiger partial charge in [-0.05, 0) is 19.2 Å². The molecule has 0 aliphatic carbocycles. The maximum atomic E-state index is 6.33. The van der Waals surface area contributed by atoms with Crippen molar-refractivity contribution in [2.75, 3.05) is 13.2 Å². The molecule has 0 aliphatic heterocycles. The largest absolute Gasteiger partial charge is 0.379 e. The van der Waals surface area contributed by atoms with Gasteiger partial charge in [-0.2, -0.15) is 0 Å². The van der Waals surface area contributed by atoms with Crippen LogP contribution in [0, 0.1) is 0 Å². The van der Waals surface area contributed by atoms with Crippen LogP contribution in [0.1, 0.15) is 19.4 Å². The average Bonchev–Trinajstić information content (AvgIpc) is 2.36. The van der Waals surface area contributed by atoms with Crippen LogP contribution in [0.25, 0.3) is 10.8 Å². The molecule has 1 aromatic carbocycles. The first-order valence-electron chi connectivity index (χ1n) is 5.85. The minimum Gasteiger partial charge on any atom is -0.379 e. The quantitative estimate of drug-likeness (QED) is 0.877. The fourth-order valence-electron chi connectivity index (χ4n) is 1.96. The number of nitrogens with two attached hydrogens (primary N) is 1. The van der Waals surface area contributed by atoms with E-state index in [9.17, 15) is 0 Å². The van der Waals surface area contributed by atoms with Gasteiger partial charge in [-0.1, -0.05) is 24.3 Å². The maximum absolute atomic E-state index is 6.33. The van der Waals surface area contributed by atoms with E-state index in [0.29, 0.717) is 13.2 Å². The zero-order valence-corrected chi connectivity index (χ0v) is 10.3. The molecule has 1 aromatic heterocycles. The summed E-state index contributed by atoms with van der Waals surface area (Å²) in [7, 11) is 0. The standard InChI is InChI=1S/C14H18N2O/c1-3-17-10-14(2,15)13-9-16-8-11-6-4-5-7-12(11)13/h4-9H,3,10,15H2,1-2H3. The van der Waals surface area contributed by atoms with E-state index in [1.165, 1.54) is 0 Å². The second-order valence-electron chi connectivity index (χ2n) is 4.46. The number of hydrogen-bond donors (Lipinski definition) is 1. The van der Waals surface area contributed by atoms with Crippen LogP contribution in [0.2, 0.25) is 0 Å². The second-order valence-corrected chi connectivity index (χ2v) is 4.46. The molecule has 17 heavy (non-hydrogen) atoms. The number of ether oxygens (including phenoxy) is 1. The Bertz CT molecular complexity index is 503. The van der Waals surface area contributed by atoms with Crippen LogP contribution >= 0.6 is 0 Å². The lowest BCUT2D eigenvalue weighted by atomic mass is 9.91. The summed E-state index contributed by atoms with van der Waals surface area (Å²) >= 11 is 0. The predicted molar refractivity (Wildman–Crippen MR) is 69.8 cm³/mol. The van der Waals surface area contributed by atoms with Crippen molar-refractivity contribution in [2.24, 2.45) is 5.73 Å². The molecule has 0 amide bonds. The van der Waals surface area contributed by atoms with Gasteiger partial charge in [0, 0.05) is 30.0 Å². The topological polar surface area (TPSA) is 48.1 Å². The zero-order valence-electron chi connectivity index (χ0n) is 10.3. The van der Waals surface area contributed by atoms with Crippen LogP contribution in [0.5, 0.6) is 0 Å². The number of hydrogen-bond acceptors (Lipinski definition) is 3. The van der Waals surface area contributed by atoms with Crippen molar-refractivity contribution >= 4 is 10.8 Å². The Labute approximate surface area is 102 Å². The Morgan fingerprint density at radius 3 is 2.82 bits per heavy atom. The number of pyridine rings is 1. The molecular formula is C14H18N2O. The van der Waals surface area contributed by atoms with E-state index in [4.69, 9.17) is 10.5 Å². The van der Waals surface area contributed by atoms with Crippen LogP contribution in [0.3, 0.4) is 0 Å². The summed E-state index contributed by atoms with van der Waals surface area (Å²) in [6.07, 6.45) is 3.69. The fourth-order valence-corrected chi connectivity index (χ4v) is 1.96. The number of fused-ring (bicyclic) bond motifs is 1. The first-order chi connectivity index (χ1) is 8.15. The maximum Gasteiger partial charge on any atom is 0.0686 e. The molecule has 2 aromatic rings. The average molecular weight is 230 g/mol. The van der Waals surface area contributed by atoms with Crippen LogP contribution in [-0.2, 0) is 10.3 Å². The Balaban J connectivity index is 2.47. The summed E-state index contributed by atoms with van der Waals surface area (Å²) < 4.78 is 5.45. The van der Waals surface area contributed by atoms with Gasteiger partial charge in [0.1, 0.15) is 0 Å². The minimum atomic E-state index is -0.510. The highest BCUT2D eigenvalue weighted by molar-refractivity contribution is 5.85. The second kappa shape index (κ2) is 4.82. The molecule has 90 valence electrons. The van der Waals surface area contributed by atoms with Crippen LogP contribution in [0.4, 0.5) is 0 Å². The number of nitrogens with zero attached hydrogens (tertiary/aromatic N) is 1. The fraction of sp³-hybridized carbons (Fsp3) is 0.357. The molecule has 1 unspecified atom stereocenters. The lowest BCUT2D eigenvalue weighted by molar-refractivity contribution is 0.101. The van der Waals surface area contributed by atoms with Crippen molar-refractivity contribution in [3.8, 4) is 0 Å². The van der Waals surface area contributed by atoms with E-state index in [1.807, 2.05) is 44.4 Å². The van der Waals surface area contributed by atoms with Gasteiger partial charge in [0.2, 0.25) is 0 Å².